The van der Waals surface area contributed by atoms with Gasteiger partial charge in [-0.15, -0.1) is 0 Å². The number of benzene rings is 1. The summed E-state index contributed by atoms with van der Waals surface area (Å²) in [7, 11) is -4.10. The van der Waals surface area contributed by atoms with E-state index in [1.807, 2.05) is 6.92 Å². The molecular weight excluding hydrogens is 411 g/mol. The Morgan fingerprint density at radius 3 is 2.34 bits per heavy atom. The zero-order valence-electron chi connectivity index (χ0n) is 16.0. The molecule has 0 atom stereocenters. The lowest BCUT2D eigenvalue weighted by Gasteiger charge is -2.34. The maximum atomic E-state index is 12.9. The molecule has 2 amide bonds. The van der Waals surface area contributed by atoms with E-state index in [9.17, 15) is 31.2 Å². The van der Waals surface area contributed by atoms with E-state index in [0.717, 1.165) is 28.9 Å². The molecule has 29 heavy (non-hydrogen) atoms. The van der Waals surface area contributed by atoms with Crippen molar-refractivity contribution in [2.24, 2.45) is 0 Å². The van der Waals surface area contributed by atoms with Gasteiger partial charge < -0.3 is 10.2 Å². The van der Waals surface area contributed by atoms with Gasteiger partial charge in [-0.2, -0.15) is 17.5 Å². The van der Waals surface area contributed by atoms with Crippen molar-refractivity contribution >= 4 is 21.8 Å². The zero-order valence-corrected chi connectivity index (χ0v) is 16.9. The van der Waals surface area contributed by atoms with Gasteiger partial charge in [-0.05, 0) is 24.6 Å². The fraction of sp³-hybridized carbons (Fsp3) is 0.556. The average molecular weight is 435 g/mol. The standard InChI is InChI=1S/C18H24F3N3O4S/c1-2-8-22-16(25)6-7-17(26)23-9-11-24(12-10-23)29(27,28)15-5-3-4-14(13-15)18(19,20)21/h3-5,13H,2,6-12H2,1H3,(H,22,25). The second-order valence-electron chi connectivity index (χ2n) is 6.66. The predicted molar refractivity (Wildman–Crippen MR) is 99.3 cm³/mol. The third-order valence-corrected chi connectivity index (χ3v) is 6.42. The van der Waals surface area contributed by atoms with Gasteiger partial charge in [0.25, 0.3) is 0 Å². The highest BCUT2D eigenvalue weighted by molar-refractivity contribution is 7.89. The van der Waals surface area contributed by atoms with Crippen LogP contribution in [-0.4, -0.2) is 62.2 Å². The van der Waals surface area contributed by atoms with Crippen molar-refractivity contribution < 1.29 is 31.2 Å². The van der Waals surface area contributed by atoms with Gasteiger partial charge in [0.2, 0.25) is 21.8 Å². The molecule has 2 rings (SSSR count). The Kier molecular flexibility index (Phi) is 7.64. The minimum absolute atomic E-state index is 0.0215. The Bertz CT molecular complexity index is 835. The van der Waals surface area contributed by atoms with Crippen molar-refractivity contribution in [3.63, 3.8) is 0 Å². The van der Waals surface area contributed by atoms with Crippen LogP contribution >= 0.6 is 0 Å². The van der Waals surface area contributed by atoms with Gasteiger partial charge in [-0.1, -0.05) is 13.0 Å². The lowest BCUT2D eigenvalue weighted by molar-refractivity contribution is -0.137. The number of nitrogens with zero attached hydrogens (tertiary/aromatic N) is 2. The Hall–Kier alpha value is -2.14. The van der Waals surface area contributed by atoms with E-state index < -0.39 is 26.7 Å². The Morgan fingerprint density at radius 1 is 1.10 bits per heavy atom. The molecule has 0 saturated carbocycles. The molecule has 7 nitrogen and oxygen atoms in total. The lowest BCUT2D eigenvalue weighted by Crippen LogP contribution is -2.50. The highest BCUT2D eigenvalue weighted by Gasteiger charge is 2.34. The molecule has 1 aliphatic heterocycles. The maximum absolute atomic E-state index is 12.9. The molecule has 1 N–H and O–H groups in total. The number of nitrogens with one attached hydrogen (secondary N) is 1. The van der Waals surface area contributed by atoms with Crippen molar-refractivity contribution in [2.75, 3.05) is 32.7 Å². The molecule has 1 aromatic carbocycles. The van der Waals surface area contributed by atoms with Crippen LogP contribution in [0.15, 0.2) is 29.2 Å². The van der Waals surface area contributed by atoms with Gasteiger partial charge in [0, 0.05) is 45.6 Å². The summed E-state index contributed by atoms with van der Waals surface area (Å²) in [6, 6.07) is 3.60. The molecular formula is C18H24F3N3O4S. The molecule has 11 heteroatoms. The van der Waals surface area contributed by atoms with E-state index >= 15 is 0 Å². The zero-order chi connectivity index (χ0) is 21.7. The molecule has 0 aromatic heterocycles. The molecule has 162 valence electrons. The van der Waals surface area contributed by atoms with Crippen LogP contribution in [0, 0.1) is 0 Å². The number of sulfonamides is 1. The van der Waals surface area contributed by atoms with Crippen LogP contribution in [0.4, 0.5) is 13.2 Å². The van der Waals surface area contributed by atoms with Crippen molar-refractivity contribution in [3.05, 3.63) is 29.8 Å². The minimum atomic E-state index is -4.64. The van der Waals surface area contributed by atoms with Gasteiger partial charge in [-0.25, -0.2) is 8.42 Å². The van der Waals surface area contributed by atoms with Crippen molar-refractivity contribution in [1.82, 2.24) is 14.5 Å². The molecule has 0 spiro atoms. The number of carbonyl (C=O) groups excluding carboxylic acids is 2. The van der Waals surface area contributed by atoms with E-state index in [-0.39, 0.29) is 50.8 Å². The second kappa shape index (κ2) is 9.57. The first-order chi connectivity index (χ1) is 13.6. The predicted octanol–water partition coefficient (Wildman–Crippen LogP) is 1.84. The molecule has 1 aromatic rings. The van der Waals surface area contributed by atoms with Gasteiger partial charge in [0.1, 0.15) is 0 Å². The SMILES string of the molecule is CCCNC(=O)CCC(=O)N1CCN(S(=O)(=O)c2cccc(C(F)(F)F)c2)CC1. The fourth-order valence-corrected chi connectivity index (χ4v) is 4.36. The Labute approximate surface area is 167 Å². The van der Waals surface area contributed by atoms with E-state index in [0.29, 0.717) is 12.6 Å². The molecule has 1 fully saturated rings. The monoisotopic (exact) mass is 435 g/mol. The Balaban J connectivity index is 1.94. The van der Waals surface area contributed by atoms with Crippen LogP contribution in [0.5, 0.6) is 0 Å². The van der Waals surface area contributed by atoms with Crippen molar-refractivity contribution in [3.8, 4) is 0 Å². The number of alkyl halides is 3. The van der Waals surface area contributed by atoms with Crippen LogP contribution in [0.2, 0.25) is 0 Å². The molecule has 1 saturated heterocycles. The number of hydrogen-bond donors (Lipinski definition) is 1. The summed E-state index contributed by atoms with van der Waals surface area (Å²) < 4.78 is 65.0. The minimum Gasteiger partial charge on any atom is -0.356 e. The van der Waals surface area contributed by atoms with Crippen LogP contribution in [-0.2, 0) is 25.8 Å². The van der Waals surface area contributed by atoms with E-state index in [4.69, 9.17) is 0 Å². The van der Waals surface area contributed by atoms with Crippen molar-refractivity contribution in [2.45, 2.75) is 37.3 Å². The molecule has 0 radical (unpaired) electrons. The topological polar surface area (TPSA) is 86.8 Å². The molecule has 0 bridgehead atoms. The fourth-order valence-electron chi connectivity index (χ4n) is 2.89. The number of rotatable bonds is 7. The van der Waals surface area contributed by atoms with Crippen LogP contribution in [0.3, 0.4) is 0 Å². The van der Waals surface area contributed by atoms with Gasteiger partial charge in [0.05, 0.1) is 10.5 Å². The maximum Gasteiger partial charge on any atom is 0.416 e. The van der Waals surface area contributed by atoms with Crippen molar-refractivity contribution in [1.29, 1.82) is 0 Å². The normalized spacial score (nSPS) is 15.9. The summed E-state index contributed by atoms with van der Waals surface area (Å²) >= 11 is 0. The smallest absolute Gasteiger partial charge is 0.356 e. The third-order valence-electron chi connectivity index (χ3n) is 4.53. The van der Waals surface area contributed by atoms with E-state index in [2.05, 4.69) is 5.32 Å². The van der Waals surface area contributed by atoms with Crippen LogP contribution < -0.4 is 5.32 Å². The summed E-state index contributed by atoms with van der Waals surface area (Å²) in [5.74, 6) is -0.473. The summed E-state index contributed by atoms with van der Waals surface area (Å²) in [6.45, 7) is 2.65. The third kappa shape index (κ3) is 6.17. The number of halogens is 3. The first-order valence-electron chi connectivity index (χ1n) is 9.27. The summed E-state index contributed by atoms with van der Waals surface area (Å²) in [5.41, 5.74) is -1.03. The average Bonchev–Trinajstić information content (AvgIpc) is 2.70. The highest BCUT2D eigenvalue weighted by atomic mass is 32.2. The van der Waals surface area contributed by atoms with E-state index in [1.54, 1.807) is 0 Å². The highest BCUT2D eigenvalue weighted by Crippen LogP contribution is 2.31. The quantitative estimate of drug-likeness (QED) is 0.708. The van der Waals surface area contributed by atoms with Gasteiger partial charge in [-0.3, -0.25) is 9.59 Å². The Morgan fingerprint density at radius 2 is 1.76 bits per heavy atom. The van der Waals surface area contributed by atoms with Gasteiger partial charge >= 0.3 is 6.18 Å². The molecule has 0 aliphatic carbocycles. The van der Waals surface area contributed by atoms with Crippen LogP contribution in [0.1, 0.15) is 31.7 Å². The first-order valence-corrected chi connectivity index (χ1v) is 10.7. The van der Waals surface area contributed by atoms with E-state index in [1.165, 1.54) is 4.90 Å². The van der Waals surface area contributed by atoms with Gasteiger partial charge in [0.15, 0.2) is 0 Å². The number of piperazine rings is 1. The summed E-state index contributed by atoms with van der Waals surface area (Å²) in [5, 5.41) is 2.67. The first kappa shape index (κ1) is 23.1. The summed E-state index contributed by atoms with van der Waals surface area (Å²) in [4.78, 5) is 24.8. The lowest BCUT2D eigenvalue weighted by atomic mass is 10.2. The molecule has 0 unspecified atom stereocenters. The number of amides is 2. The molecule has 1 heterocycles. The molecule has 1 aliphatic rings. The number of carbonyl (C=O) groups is 2. The number of hydrogen-bond acceptors (Lipinski definition) is 4. The second-order valence-corrected chi connectivity index (χ2v) is 8.60. The summed E-state index contributed by atoms with van der Waals surface area (Å²) in [6.07, 6.45) is -3.76. The van der Waals surface area contributed by atoms with Crippen LogP contribution in [0.25, 0.3) is 0 Å². The largest absolute Gasteiger partial charge is 0.416 e.